The first-order valence-electron chi connectivity index (χ1n) is 8.19. The minimum atomic E-state index is 0. The summed E-state index contributed by atoms with van der Waals surface area (Å²) in [4.78, 5) is 12.2. The molecule has 2 rings (SSSR count). The van der Waals surface area contributed by atoms with Crippen molar-refractivity contribution in [3.8, 4) is 0 Å². The molecule has 0 radical (unpaired) electrons. The average Bonchev–Trinajstić information content (AvgIpc) is 3.12. The van der Waals surface area contributed by atoms with E-state index in [-0.39, 0.29) is 30.3 Å². The lowest BCUT2D eigenvalue weighted by Crippen LogP contribution is -2.35. The fourth-order valence-corrected chi connectivity index (χ4v) is 3.48. The predicted octanol–water partition coefficient (Wildman–Crippen LogP) is 2.37. The molecule has 2 atom stereocenters. The lowest BCUT2D eigenvalue weighted by Gasteiger charge is -2.23. The highest BCUT2D eigenvalue weighted by atomic mass is 35.5. The summed E-state index contributed by atoms with van der Waals surface area (Å²) >= 11 is 0. The molecule has 0 aromatic heterocycles. The van der Waals surface area contributed by atoms with Gasteiger partial charge in [0.05, 0.1) is 6.10 Å². The van der Waals surface area contributed by atoms with E-state index in [0.29, 0.717) is 11.3 Å². The Morgan fingerprint density at radius 1 is 1.38 bits per heavy atom. The number of hydrogen-bond acceptors (Lipinski definition) is 3. The number of piperidine rings is 1. The van der Waals surface area contributed by atoms with Crippen molar-refractivity contribution in [1.29, 1.82) is 0 Å². The highest BCUT2D eigenvalue weighted by Gasteiger charge is 2.57. The van der Waals surface area contributed by atoms with Crippen molar-refractivity contribution in [2.45, 2.75) is 52.6 Å². The van der Waals surface area contributed by atoms with Crippen LogP contribution in [0, 0.1) is 17.3 Å². The van der Waals surface area contributed by atoms with Crippen LogP contribution in [-0.2, 0) is 9.53 Å². The van der Waals surface area contributed by atoms with Gasteiger partial charge < -0.3 is 15.4 Å². The Hall–Kier alpha value is -0.320. The van der Waals surface area contributed by atoms with E-state index in [2.05, 4.69) is 24.5 Å². The number of amides is 1. The third kappa shape index (κ3) is 4.83. The third-order valence-corrected chi connectivity index (χ3v) is 4.96. The average molecular weight is 319 g/mol. The molecule has 1 aliphatic carbocycles. The number of ether oxygens (including phenoxy) is 1. The van der Waals surface area contributed by atoms with Crippen LogP contribution >= 0.6 is 12.4 Å². The van der Waals surface area contributed by atoms with Gasteiger partial charge in [0, 0.05) is 19.1 Å². The molecule has 0 aromatic carbocycles. The monoisotopic (exact) mass is 318 g/mol. The smallest absolute Gasteiger partial charge is 0.223 e. The summed E-state index contributed by atoms with van der Waals surface area (Å²) in [6.45, 7) is 10.0. The lowest BCUT2D eigenvalue weighted by molar-refractivity contribution is -0.123. The first-order chi connectivity index (χ1) is 9.59. The van der Waals surface area contributed by atoms with Crippen molar-refractivity contribution in [3.05, 3.63) is 0 Å². The molecule has 1 saturated heterocycles. The Labute approximate surface area is 135 Å². The summed E-state index contributed by atoms with van der Waals surface area (Å²) in [6.07, 6.45) is 4.60. The zero-order valence-electron chi connectivity index (χ0n) is 13.6. The van der Waals surface area contributed by atoms with Crippen LogP contribution < -0.4 is 10.6 Å². The maximum atomic E-state index is 12.2. The van der Waals surface area contributed by atoms with Crippen molar-refractivity contribution in [1.82, 2.24) is 10.6 Å². The first kappa shape index (κ1) is 18.7. The van der Waals surface area contributed by atoms with Gasteiger partial charge in [0.15, 0.2) is 0 Å². The van der Waals surface area contributed by atoms with E-state index in [9.17, 15) is 4.79 Å². The maximum absolute atomic E-state index is 12.2. The van der Waals surface area contributed by atoms with Crippen molar-refractivity contribution in [3.63, 3.8) is 0 Å². The molecule has 2 N–H and O–H groups in total. The van der Waals surface area contributed by atoms with Gasteiger partial charge in [-0.3, -0.25) is 4.79 Å². The molecule has 2 aliphatic rings. The van der Waals surface area contributed by atoms with Crippen molar-refractivity contribution in [2.24, 2.45) is 17.3 Å². The molecule has 2 fully saturated rings. The number of nitrogens with one attached hydrogen (secondary N) is 2. The maximum Gasteiger partial charge on any atom is 0.223 e. The second-order valence-electron chi connectivity index (χ2n) is 6.69. The van der Waals surface area contributed by atoms with Gasteiger partial charge in [-0.15, -0.1) is 12.4 Å². The van der Waals surface area contributed by atoms with E-state index in [4.69, 9.17) is 4.74 Å². The van der Waals surface area contributed by atoms with E-state index in [0.717, 1.165) is 39.1 Å². The van der Waals surface area contributed by atoms with Gasteiger partial charge in [0.2, 0.25) is 5.91 Å². The van der Waals surface area contributed by atoms with E-state index < -0.39 is 0 Å². The predicted molar refractivity (Wildman–Crippen MR) is 87.8 cm³/mol. The van der Waals surface area contributed by atoms with Crippen LogP contribution in [0.4, 0.5) is 0 Å². The summed E-state index contributed by atoms with van der Waals surface area (Å²) in [5.41, 5.74) is 0.340. The van der Waals surface area contributed by atoms with Crippen LogP contribution in [0.15, 0.2) is 0 Å². The van der Waals surface area contributed by atoms with Crippen LogP contribution in [0.5, 0.6) is 0 Å². The molecule has 1 saturated carbocycles. The topological polar surface area (TPSA) is 50.4 Å². The Bertz CT molecular complexity index is 330. The molecule has 1 heterocycles. The summed E-state index contributed by atoms with van der Waals surface area (Å²) in [7, 11) is 0. The molecule has 21 heavy (non-hydrogen) atoms. The summed E-state index contributed by atoms with van der Waals surface area (Å²) in [5, 5.41) is 6.50. The minimum Gasteiger partial charge on any atom is -0.378 e. The van der Waals surface area contributed by atoms with Gasteiger partial charge in [-0.2, -0.15) is 0 Å². The Morgan fingerprint density at radius 2 is 2.05 bits per heavy atom. The zero-order valence-corrected chi connectivity index (χ0v) is 14.4. The van der Waals surface area contributed by atoms with Gasteiger partial charge in [0.25, 0.3) is 0 Å². The van der Waals surface area contributed by atoms with E-state index in [1.807, 2.05) is 6.92 Å². The molecule has 0 bridgehead atoms. The molecule has 1 amide bonds. The second kappa shape index (κ2) is 8.35. The van der Waals surface area contributed by atoms with Crippen molar-refractivity contribution in [2.75, 3.05) is 26.2 Å². The van der Waals surface area contributed by atoms with Gasteiger partial charge in [-0.1, -0.05) is 13.8 Å². The van der Waals surface area contributed by atoms with Crippen LogP contribution in [-0.4, -0.2) is 38.3 Å². The Kier molecular flexibility index (Phi) is 7.45. The molecular formula is C16H31ClN2O2. The molecule has 1 aliphatic heterocycles. The zero-order chi connectivity index (χ0) is 14.6. The van der Waals surface area contributed by atoms with Gasteiger partial charge >= 0.3 is 0 Å². The normalized spacial score (nSPS) is 24.5. The number of carbonyl (C=O) groups excluding carboxylic acids is 1. The number of carbonyl (C=O) groups is 1. The Morgan fingerprint density at radius 3 is 2.62 bits per heavy atom. The number of halogens is 1. The quantitative estimate of drug-likeness (QED) is 0.757. The summed E-state index contributed by atoms with van der Waals surface area (Å²) in [5.74, 6) is 1.05. The van der Waals surface area contributed by atoms with E-state index in [1.165, 1.54) is 12.8 Å². The molecule has 2 unspecified atom stereocenters. The van der Waals surface area contributed by atoms with Crippen molar-refractivity contribution < 1.29 is 9.53 Å². The summed E-state index contributed by atoms with van der Waals surface area (Å²) < 4.78 is 5.71. The van der Waals surface area contributed by atoms with Crippen LogP contribution in [0.2, 0.25) is 0 Å². The van der Waals surface area contributed by atoms with Crippen LogP contribution in [0.1, 0.15) is 46.5 Å². The fraction of sp³-hybridized carbons (Fsp3) is 0.938. The largest absolute Gasteiger partial charge is 0.378 e. The molecule has 124 valence electrons. The lowest BCUT2D eigenvalue weighted by atomic mass is 9.92. The van der Waals surface area contributed by atoms with Gasteiger partial charge in [-0.05, 0) is 57.0 Å². The molecule has 4 nitrogen and oxygen atoms in total. The van der Waals surface area contributed by atoms with Gasteiger partial charge in [-0.25, -0.2) is 0 Å². The Balaban J connectivity index is 0.00000220. The SMILES string of the molecule is CCOC(CCNC(=O)C1CC12CCNCC2)C(C)C.Cl. The second-order valence-corrected chi connectivity index (χ2v) is 6.69. The highest BCUT2D eigenvalue weighted by molar-refractivity contribution is 5.85. The molecule has 0 aromatic rings. The molecule has 1 spiro atoms. The molecular weight excluding hydrogens is 288 g/mol. The fourth-order valence-electron chi connectivity index (χ4n) is 3.48. The summed E-state index contributed by atoms with van der Waals surface area (Å²) in [6, 6.07) is 0. The third-order valence-electron chi connectivity index (χ3n) is 4.96. The number of hydrogen-bond donors (Lipinski definition) is 2. The van der Waals surface area contributed by atoms with Crippen molar-refractivity contribution >= 4 is 18.3 Å². The van der Waals surface area contributed by atoms with E-state index in [1.54, 1.807) is 0 Å². The standard InChI is InChI=1S/C16H30N2O2.ClH/c1-4-20-14(12(2)3)5-8-18-15(19)13-11-16(13)6-9-17-10-7-16;/h12-14,17H,4-11H2,1-3H3,(H,18,19);1H. The van der Waals surface area contributed by atoms with Crippen LogP contribution in [0.3, 0.4) is 0 Å². The van der Waals surface area contributed by atoms with Crippen LogP contribution in [0.25, 0.3) is 0 Å². The number of rotatable bonds is 7. The van der Waals surface area contributed by atoms with E-state index >= 15 is 0 Å². The minimum absolute atomic E-state index is 0. The molecule has 5 heteroatoms. The highest BCUT2D eigenvalue weighted by Crippen LogP contribution is 2.58. The van der Waals surface area contributed by atoms with Gasteiger partial charge in [0.1, 0.15) is 0 Å². The first-order valence-corrected chi connectivity index (χ1v) is 8.19.